The van der Waals surface area contributed by atoms with Crippen LogP contribution in [-0.2, 0) is 6.42 Å². The lowest BCUT2D eigenvalue weighted by molar-refractivity contribution is 0.252. The minimum absolute atomic E-state index is 0.257. The Hall–Kier alpha value is -2.01. The molecule has 1 aromatic carbocycles. The lowest BCUT2D eigenvalue weighted by Crippen LogP contribution is -2.29. The Labute approximate surface area is 116 Å². The summed E-state index contributed by atoms with van der Waals surface area (Å²) in [6.45, 7) is 0.580. The maximum Gasteiger partial charge on any atom is 0.319 e. The van der Waals surface area contributed by atoms with E-state index in [1.54, 1.807) is 24.5 Å². The molecule has 0 aliphatic rings. The van der Waals surface area contributed by atoms with Crippen molar-refractivity contribution in [1.82, 2.24) is 15.3 Å². The molecule has 0 unspecified atom stereocenters. The second kappa shape index (κ2) is 6.80. The van der Waals surface area contributed by atoms with Gasteiger partial charge in [0.1, 0.15) is 5.82 Å². The predicted octanol–water partition coefficient (Wildman–Crippen LogP) is 2.82. The number of aryl methyl sites for hydroxylation is 1. The highest BCUT2D eigenvalue weighted by molar-refractivity contribution is 6.33. The summed E-state index contributed by atoms with van der Waals surface area (Å²) in [4.78, 5) is 18.7. The minimum atomic E-state index is -0.257. The Morgan fingerprint density at radius 1 is 1.37 bits per heavy atom. The SMILES string of the molecule is O=C(NCCCc1ncc[nH]1)Nc1ccccc1Cl. The predicted molar refractivity (Wildman–Crippen MR) is 75.4 cm³/mol. The summed E-state index contributed by atoms with van der Waals surface area (Å²) in [5, 5.41) is 5.99. The molecule has 0 saturated carbocycles. The first-order chi connectivity index (χ1) is 9.25. The molecule has 5 nitrogen and oxygen atoms in total. The third kappa shape index (κ3) is 4.30. The van der Waals surface area contributed by atoms with Gasteiger partial charge < -0.3 is 15.6 Å². The molecule has 6 heteroatoms. The van der Waals surface area contributed by atoms with Crippen LogP contribution in [0.1, 0.15) is 12.2 Å². The number of nitrogens with one attached hydrogen (secondary N) is 3. The first kappa shape index (κ1) is 13.4. The zero-order chi connectivity index (χ0) is 13.5. The Kier molecular flexibility index (Phi) is 4.80. The molecule has 0 atom stereocenters. The fourth-order valence-electron chi connectivity index (χ4n) is 1.62. The number of urea groups is 1. The van der Waals surface area contributed by atoms with Crippen LogP contribution < -0.4 is 10.6 Å². The number of aromatic nitrogens is 2. The van der Waals surface area contributed by atoms with E-state index in [2.05, 4.69) is 20.6 Å². The first-order valence-corrected chi connectivity index (χ1v) is 6.41. The van der Waals surface area contributed by atoms with Gasteiger partial charge in [0, 0.05) is 25.4 Å². The van der Waals surface area contributed by atoms with E-state index in [0.717, 1.165) is 18.7 Å². The molecule has 0 spiro atoms. The molecule has 100 valence electrons. The number of H-pyrrole nitrogens is 1. The van der Waals surface area contributed by atoms with Gasteiger partial charge in [-0.05, 0) is 18.6 Å². The average Bonchev–Trinajstić information content (AvgIpc) is 2.91. The highest BCUT2D eigenvalue weighted by Crippen LogP contribution is 2.19. The summed E-state index contributed by atoms with van der Waals surface area (Å²) in [6.07, 6.45) is 5.13. The Balaban J connectivity index is 1.69. The van der Waals surface area contributed by atoms with Crippen LogP contribution in [0.2, 0.25) is 5.02 Å². The summed E-state index contributed by atoms with van der Waals surface area (Å²) in [7, 11) is 0. The Bertz CT molecular complexity index is 527. The number of para-hydroxylation sites is 1. The lowest BCUT2D eigenvalue weighted by Gasteiger charge is -2.08. The number of carbonyl (C=O) groups is 1. The van der Waals surface area contributed by atoms with Crippen LogP contribution in [0, 0.1) is 0 Å². The fraction of sp³-hybridized carbons (Fsp3) is 0.231. The van der Waals surface area contributed by atoms with Gasteiger partial charge >= 0.3 is 6.03 Å². The minimum Gasteiger partial charge on any atom is -0.349 e. The number of aromatic amines is 1. The van der Waals surface area contributed by atoms with Crippen molar-refractivity contribution in [2.24, 2.45) is 0 Å². The van der Waals surface area contributed by atoms with Crippen molar-refractivity contribution >= 4 is 23.3 Å². The molecular weight excluding hydrogens is 264 g/mol. The van der Waals surface area contributed by atoms with Crippen molar-refractivity contribution in [1.29, 1.82) is 0 Å². The highest BCUT2D eigenvalue weighted by atomic mass is 35.5. The normalized spacial score (nSPS) is 10.2. The molecule has 0 aliphatic heterocycles. The summed E-state index contributed by atoms with van der Waals surface area (Å²) < 4.78 is 0. The van der Waals surface area contributed by atoms with Crippen molar-refractivity contribution in [3.05, 3.63) is 47.5 Å². The van der Waals surface area contributed by atoms with Crippen LogP contribution in [0.15, 0.2) is 36.7 Å². The third-order valence-electron chi connectivity index (χ3n) is 2.55. The van der Waals surface area contributed by atoms with E-state index in [0.29, 0.717) is 17.3 Å². The first-order valence-electron chi connectivity index (χ1n) is 6.03. The van der Waals surface area contributed by atoms with Gasteiger partial charge in [-0.15, -0.1) is 0 Å². The van der Waals surface area contributed by atoms with Crippen LogP contribution in [0.4, 0.5) is 10.5 Å². The molecule has 0 fully saturated rings. The van der Waals surface area contributed by atoms with Gasteiger partial charge in [-0.2, -0.15) is 0 Å². The summed E-state index contributed by atoms with van der Waals surface area (Å²) in [5.41, 5.74) is 0.604. The van der Waals surface area contributed by atoms with E-state index < -0.39 is 0 Å². The monoisotopic (exact) mass is 278 g/mol. The summed E-state index contributed by atoms with van der Waals surface area (Å²) >= 11 is 5.94. The molecule has 1 aromatic heterocycles. The molecule has 3 N–H and O–H groups in total. The van der Waals surface area contributed by atoms with Gasteiger partial charge in [0.2, 0.25) is 0 Å². The van der Waals surface area contributed by atoms with Crippen molar-refractivity contribution in [2.75, 3.05) is 11.9 Å². The smallest absolute Gasteiger partial charge is 0.319 e. The van der Waals surface area contributed by atoms with Crippen LogP contribution in [0.3, 0.4) is 0 Å². The number of hydrogen-bond donors (Lipinski definition) is 3. The molecule has 2 amide bonds. The van der Waals surface area contributed by atoms with Gasteiger partial charge in [-0.1, -0.05) is 23.7 Å². The number of imidazole rings is 1. The van der Waals surface area contributed by atoms with Crippen LogP contribution in [0.5, 0.6) is 0 Å². The zero-order valence-corrected chi connectivity index (χ0v) is 11.1. The van der Waals surface area contributed by atoms with E-state index >= 15 is 0 Å². The van der Waals surface area contributed by atoms with Crippen molar-refractivity contribution in [3.8, 4) is 0 Å². The van der Waals surface area contributed by atoms with Gasteiger partial charge in [-0.25, -0.2) is 9.78 Å². The third-order valence-corrected chi connectivity index (χ3v) is 2.88. The van der Waals surface area contributed by atoms with Crippen LogP contribution >= 0.6 is 11.6 Å². The van der Waals surface area contributed by atoms with Crippen molar-refractivity contribution < 1.29 is 4.79 Å². The average molecular weight is 279 g/mol. The van der Waals surface area contributed by atoms with Gasteiger partial charge in [0.05, 0.1) is 10.7 Å². The maximum atomic E-state index is 11.6. The number of nitrogens with zero attached hydrogens (tertiary/aromatic N) is 1. The molecule has 19 heavy (non-hydrogen) atoms. The van der Waals surface area contributed by atoms with E-state index in [1.165, 1.54) is 0 Å². The van der Waals surface area contributed by atoms with Crippen molar-refractivity contribution in [2.45, 2.75) is 12.8 Å². The molecule has 1 heterocycles. The Morgan fingerprint density at radius 2 is 2.21 bits per heavy atom. The molecule has 0 bridgehead atoms. The molecular formula is C13H15ClN4O. The van der Waals surface area contributed by atoms with Gasteiger partial charge in [0.25, 0.3) is 0 Å². The second-order valence-electron chi connectivity index (χ2n) is 4.00. The van der Waals surface area contributed by atoms with E-state index in [9.17, 15) is 4.79 Å². The summed E-state index contributed by atoms with van der Waals surface area (Å²) in [6, 6.07) is 6.86. The zero-order valence-electron chi connectivity index (χ0n) is 10.3. The number of anilines is 1. The lowest BCUT2D eigenvalue weighted by atomic mass is 10.3. The standard InChI is InChI=1S/C13H15ClN4O/c14-10-4-1-2-5-11(10)18-13(19)17-7-3-6-12-15-8-9-16-12/h1-2,4-5,8-9H,3,6-7H2,(H,15,16)(H2,17,18,19). The topological polar surface area (TPSA) is 69.8 Å². The second-order valence-corrected chi connectivity index (χ2v) is 4.41. The molecule has 2 aromatic rings. The number of amides is 2. The number of halogens is 1. The fourth-order valence-corrected chi connectivity index (χ4v) is 1.80. The molecule has 0 aliphatic carbocycles. The number of hydrogen-bond acceptors (Lipinski definition) is 2. The maximum absolute atomic E-state index is 11.6. The molecule has 0 saturated heterocycles. The van der Waals surface area contributed by atoms with Gasteiger partial charge in [0.15, 0.2) is 0 Å². The van der Waals surface area contributed by atoms with Crippen molar-refractivity contribution in [3.63, 3.8) is 0 Å². The quantitative estimate of drug-likeness (QED) is 0.736. The van der Waals surface area contributed by atoms with E-state index in [1.807, 2.05) is 12.1 Å². The Morgan fingerprint density at radius 3 is 2.95 bits per heavy atom. The van der Waals surface area contributed by atoms with Gasteiger partial charge in [-0.3, -0.25) is 0 Å². The largest absolute Gasteiger partial charge is 0.349 e. The van der Waals surface area contributed by atoms with Crippen LogP contribution in [0.25, 0.3) is 0 Å². The van der Waals surface area contributed by atoms with E-state index in [4.69, 9.17) is 11.6 Å². The molecule has 0 radical (unpaired) electrons. The molecule has 2 rings (SSSR count). The van der Waals surface area contributed by atoms with E-state index in [-0.39, 0.29) is 6.03 Å². The number of benzene rings is 1. The summed E-state index contributed by atoms with van der Waals surface area (Å²) in [5.74, 6) is 0.924. The highest BCUT2D eigenvalue weighted by Gasteiger charge is 2.04. The number of rotatable bonds is 5. The van der Waals surface area contributed by atoms with Crippen LogP contribution in [-0.4, -0.2) is 22.5 Å². The number of carbonyl (C=O) groups excluding carboxylic acids is 1.